The van der Waals surface area contributed by atoms with Gasteiger partial charge in [-0.05, 0) is 35.9 Å². The largest absolute Gasteiger partial charge is 0.423 e. The lowest BCUT2D eigenvalue weighted by Gasteiger charge is -2.04. The summed E-state index contributed by atoms with van der Waals surface area (Å²) in [4.78, 5) is 22.8. The zero-order valence-electron chi connectivity index (χ0n) is 11.5. The molecule has 2 aromatic rings. The fourth-order valence-corrected chi connectivity index (χ4v) is 1.70. The molecule has 2 aromatic carbocycles. The standard InChI is InChI=1S/C17H12N2O3/c18-11-14(16(19)20)10-12-6-8-15(9-7-12)22-17(21)13-4-2-1-3-5-13/h1-10H,(H2,19,20)/b14-10-. The number of hydrogen-bond acceptors (Lipinski definition) is 4. The second kappa shape index (κ2) is 6.86. The average molecular weight is 292 g/mol. The normalized spacial score (nSPS) is 10.6. The number of amides is 1. The number of carbonyl (C=O) groups is 2. The molecule has 2 rings (SSSR count). The van der Waals surface area contributed by atoms with Crippen molar-refractivity contribution in [3.63, 3.8) is 0 Å². The van der Waals surface area contributed by atoms with Crippen molar-refractivity contribution in [2.45, 2.75) is 0 Å². The molecular weight excluding hydrogens is 280 g/mol. The van der Waals surface area contributed by atoms with Crippen molar-refractivity contribution in [3.05, 3.63) is 71.3 Å². The second-order valence-electron chi connectivity index (χ2n) is 4.36. The Hall–Kier alpha value is -3.39. The molecule has 0 saturated heterocycles. The highest BCUT2D eigenvalue weighted by molar-refractivity contribution is 6.00. The summed E-state index contributed by atoms with van der Waals surface area (Å²) in [6.45, 7) is 0. The lowest BCUT2D eigenvalue weighted by molar-refractivity contribution is -0.114. The highest BCUT2D eigenvalue weighted by Crippen LogP contribution is 2.16. The number of benzene rings is 2. The Morgan fingerprint density at radius 2 is 1.68 bits per heavy atom. The van der Waals surface area contributed by atoms with E-state index >= 15 is 0 Å². The molecule has 5 nitrogen and oxygen atoms in total. The molecule has 0 unspecified atom stereocenters. The van der Waals surface area contributed by atoms with Gasteiger partial charge in [0.2, 0.25) is 0 Å². The maximum Gasteiger partial charge on any atom is 0.343 e. The molecule has 0 radical (unpaired) electrons. The average Bonchev–Trinajstić information content (AvgIpc) is 2.54. The molecule has 0 fully saturated rings. The van der Waals surface area contributed by atoms with E-state index in [0.717, 1.165) is 0 Å². The van der Waals surface area contributed by atoms with Crippen molar-refractivity contribution >= 4 is 18.0 Å². The van der Waals surface area contributed by atoms with Gasteiger partial charge in [0.1, 0.15) is 17.4 Å². The van der Waals surface area contributed by atoms with Crippen LogP contribution in [0.25, 0.3) is 6.08 Å². The van der Waals surface area contributed by atoms with Crippen LogP contribution in [0.4, 0.5) is 0 Å². The summed E-state index contributed by atoms with van der Waals surface area (Å²) in [5.41, 5.74) is 5.97. The quantitative estimate of drug-likeness (QED) is 0.405. The van der Waals surface area contributed by atoms with Gasteiger partial charge in [0.25, 0.3) is 5.91 Å². The summed E-state index contributed by atoms with van der Waals surface area (Å²) in [6, 6.07) is 16.7. The monoisotopic (exact) mass is 292 g/mol. The number of carbonyl (C=O) groups excluding carboxylic acids is 2. The van der Waals surface area contributed by atoms with Crippen LogP contribution in [0.3, 0.4) is 0 Å². The summed E-state index contributed by atoms with van der Waals surface area (Å²) < 4.78 is 5.22. The van der Waals surface area contributed by atoms with Gasteiger partial charge in [0.05, 0.1) is 5.56 Å². The predicted octanol–water partition coefficient (Wildman–Crippen LogP) is 2.30. The Bertz CT molecular complexity index is 757. The number of nitrogens with zero attached hydrogens (tertiary/aromatic N) is 1. The van der Waals surface area contributed by atoms with E-state index in [-0.39, 0.29) is 5.57 Å². The van der Waals surface area contributed by atoms with Crippen molar-refractivity contribution in [1.82, 2.24) is 0 Å². The first-order chi connectivity index (χ1) is 10.6. The maximum atomic E-state index is 11.9. The molecule has 22 heavy (non-hydrogen) atoms. The first-order valence-electron chi connectivity index (χ1n) is 6.39. The lowest BCUT2D eigenvalue weighted by atomic mass is 10.1. The van der Waals surface area contributed by atoms with Crippen LogP contribution in [0.15, 0.2) is 60.2 Å². The van der Waals surface area contributed by atoms with Crippen LogP contribution in [-0.4, -0.2) is 11.9 Å². The second-order valence-corrected chi connectivity index (χ2v) is 4.36. The summed E-state index contributed by atoms with van der Waals surface area (Å²) in [7, 11) is 0. The Kier molecular flexibility index (Phi) is 4.68. The van der Waals surface area contributed by atoms with Gasteiger partial charge in [-0.1, -0.05) is 30.3 Å². The number of hydrogen-bond donors (Lipinski definition) is 1. The van der Waals surface area contributed by atoms with Crippen molar-refractivity contribution in [2.75, 3.05) is 0 Å². The fourth-order valence-electron chi connectivity index (χ4n) is 1.70. The molecule has 2 N–H and O–H groups in total. The first-order valence-corrected chi connectivity index (χ1v) is 6.39. The minimum absolute atomic E-state index is 0.144. The van der Waals surface area contributed by atoms with Gasteiger partial charge < -0.3 is 10.5 Å². The van der Waals surface area contributed by atoms with E-state index in [1.165, 1.54) is 6.08 Å². The Balaban J connectivity index is 2.12. The van der Waals surface area contributed by atoms with Crippen LogP contribution in [-0.2, 0) is 4.79 Å². The third-order valence-corrected chi connectivity index (χ3v) is 2.80. The molecule has 1 amide bonds. The number of nitrogens with two attached hydrogens (primary N) is 1. The Labute approximate surface area is 127 Å². The number of esters is 1. The van der Waals surface area contributed by atoms with Gasteiger partial charge in [-0.25, -0.2) is 4.79 Å². The van der Waals surface area contributed by atoms with E-state index < -0.39 is 11.9 Å². The van der Waals surface area contributed by atoms with Gasteiger partial charge in [-0.15, -0.1) is 0 Å². The summed E-state index contributed by atoms with van der Waals surface area (Å²) in [6.07, 6.45) is 1.37. The fraction of sp³-hybridized carbons (Fsp3) is 0. The van der Waals surface area contributed by atoms with E-state index in [1.54, 1.807) is 54.6 Å². The molecule has 0 atom stereocenters. The zero-order chi connectivity index (χ0) is 15.9. The van der Waals surface area contributed by atoms with Crippen LogP contribution in [0.1, 0.15) is 15.9 Å². The van der Waals surface area contributed by atoms with Crippen LogP contribution in [0.2, 0.25) is 0 Å². The number of nitriles is 1. The SMILES string of the molecule is N#C/C(=C/c1ccc(OC(=O)c2ccccc2)cc1)C(N)=O. The van der Waals surface area contributed by atoms with E-state index in [4.69, 9.17) is 15.7 Å². The minimum Gasteiger partial charge on any atom is -0.423 e. The highest BCUT2D eigenvalue weighted by atomic mass is 16.5. The van der Waals surface area contributed by atoms with Crippen molar-refractivity contribution in [3.8, 4) is 11.8 Å². The molecule has 0 aliphatic carbocycles. The molecule has 0 aromatic heterocycles. The van der Waals surface area contributed by atoms with E-state index in [9.17, 15) is 9.59 Å². The van der Waals surface area contributed by atoms with Gasteiger partial charge >= 0.3 is 5.97 Å². The molecule has 108 valence electrons. The molecular formula is C17H12N2O3. The molecule has 0 saturated carbocycles. The molecule has 0 spiro atoms. The van der Waals surface area contributed by atoms with Gasteiger partial charge in [-0.3, -0.25) is 4.79 Å². The number of ether oxygens (including phenoxy) is 1. The zero-order valence-corrected chi connectivity index (χ0v) is 11.5. The van der Waals surface area contributed by atoms with E-state index in [1.807, 2.05) is 6.07 Å². The highest BCUT2D eigenvalue weighted by Gasteiger charge is 2.08. The summed E-state index contributed by atoms with van der Waals surface area (Å²) in [5.74, 6) is -0.885. The third-order valence-electron chi connectivity index (χ3n) is 2.80. The van der Waals surface area contributed by atoms with Crippen LogP contribution >= 0.6 is 0 Å². The number of rotatable bonds is 4. The first kappa shape index (κ1) is 15.0. The van der Waals surface area contributed by atoms with Gasteiger partial charge in [0, 0.05) is 0 Å². The van der Waals surface area contributed by atoms with Crippen molar-refractivity contribution in [1.29, 1.82) is 5.26 Å². The Morgan fingerprint density at radius 1 is 1.05 bits per heavy atom. The van der Waals surface area contributed by atoms with Crippen molar-refractivity contribution < 1.29 is 14.3 Å². The van der Waals surface area contributed by atoms with Crippen LogP contribution < -0.4 is 10.5 Å². The molecule has 0 aliphatic rings. The summed E-state index contributed by atoms with van der Waals surface area (Å²) in [5, 5.41) is 8.77. The van der Waals surface area contributed by atoms with Crippen LogP contribution in [0.5, 0.6) is 5.75 Å². The van der Waals surface area contributed by atoms with Crippen molar-refractivity contribution in [2.24, 2.45) is 5.73 Å². The smallest absolute Gasteiger partial charge is 0.343 e. The topological polar surface area (TPSA) is 93.2 Å². The lowest BCUT2D eigenvalue weighted by Crippen LogP contribution is -2.12. The molecule has 0 heterocycles. The molecule has 5 heteroatoms. The predicted molar refractivity (Wildman–Crippen MR) is 80.6 cm³/mol. The maximum absolute atomic E-state index is 11.9. The van der Waals surface area contributed by atoms with E-state index in [2.05, 4.69) is 0 Å². The minimum atomic E-state index is -0.790. The third kappa shape index (κ3) is 3.81. The van der Waals surface area contributed by atoms with Crippen LogP contribution in [0, 0.1) is 11.3 Å². The Morgan fingerprint density at radius 3 is 2.23 bits per heavy atom. The van der Waals surface area contributed by atoms with Gasteiger partial charge in [-0.2, -0.15) is 5.26 Å². The van der Waals surface area contributed by atoms with E-state index in [0.29, 0.717) is 16.9 Å². The number of primary amides is 1. The molecule has 0 aliphatic heterocycles. The summed E-state index contributed by atoms with van der Waals surface area (Å²) >= 11 is 0. The molecule has 0 bridgehead atoms. The van der Waals surface area contributed by atoms with Gasteiger partial charge in [0.15, 0.2) is 0 Å².